The number of nitrogens with one attached hydrogen (secondary N) is 2. The second-order valence-corrected chi connectivity index (χ2v) is 7.38. The molecule has 0 aliphatic heterocycles. The minimum Gasteiger partial charge on any atom is -0.405 e. The summed E-state index contributed by atoms with van der Waals surface area (Å²) in [7, 11) is 1.88. The molecule has 0 amide bonds. The van der Waals surface area contributed by atoms with Gasteiger partial charge in [0, 0.05) is 18.7 Å². The Morgan fingerprint density at radius 1 is 1.19 bits per heavy atom. The van der Waals surface area contributed by atoms with Crippen LogP contribution in [0.5, 0.6) is 5.75 Å². The molecule has 0 atom stereocenters. The van der Waals surface area contributed by atoms with Crippen LogP contribution in [0.1, 0.15) is 49.3 Å². The predicted molar refractivity (Wildman–Crippen MR) is 122 cm³/mol. The van der Waals surface area contributed by atoms with E-state index >= 15 is 0 Å². The molecule has 2 aromatic rings. The molecule has 1 heterocycles. The number of halogens is 4. The van der Waals surface area contributed by atoms with Crippen molar-refractivity contribution in [2.24, 2.45) is 12.0 Å². The van der Waals surface area contributed by atoms with E-state index in [-0.39, 0.29) is 42.3 Å². The van der Waals surface area contributed by atoms with Crippen LogP contribution in [0.15, 0.2) is 29.3 Å². The highest BCUT2D eigenvalue weighted by Gasteiger charge is 2.32. The van der Waals surface area contributed by atoms with Crippen LogP contribution in [0.25, 0.3) is 0 Å². The maximum Gasteiger partial charge on any atom is 0.573 e. The highest BCUT2D eigenvalue weighted by molar-refractivity contribution is 14.0. The van der Waals surface area contributed by atoms with E-state index in [1.807, 2.05) is 18.5 Å². The number of para-hydroxylation sites is 1. The van der Waals surface area contributed by atoms with Gasteiger partial charge in [-0.1, -0.05) is 37.5 Å². The third-order valence-electron chi connectivity index (χ3n) is 5.15. The number of benzene rings is 1. The molecule has 0 spiro atoms. The van der Waals surface area contributed by atoms with Gasteiger partial charge in [0.15, 0.2) is 11.8 Å². The highest BCUT2D eigenvalue weighted by Crippen LogP contribution is 2.26. The van der Waals surface area contributed by atoms with Crippen LogP contribution in [0, 0.1) is 6.92 Å². The van der Waals surface area contributed by atoms with Crippen LogP contribution in [-0.4, -0.2) is 33.1 Å². The molecule has 0 unspecified atom stereocenters. The van der Waals surface area contributed by atoms with Crippen molar-refractivity contribution in [2.45, 2.75) is 64.5 Å². The van der Waals surface area contributed by atoms with Crippen LogP contribution >= 0.6 is 24.0 Å². The molecule has 1 fully saturated rings. The summed E-state index contributed by atoms with van der Waals surface area (Å²) in [5, 5.41) is 14.8. The monoisotopic (exact) mass is 552 g/mol. The number of alkyl halides is 3. The Kier molecular flexibility index (Phi) is 9.38. The first-order valence-corrected chi connectivity index (χ1v) is 10.0. The Hall–Kier alpha value is -2.05. The van der Waals surface area contributed by atoms with Gasteiger partial charge in [0.2, 0.25) is 0 Å². The van der Waals surface area contributed by atoms with Gasteiger partial charge in [0.1, 0.15) is 11.6 Å². The summed E-state index contributed by atoms with van der Waals surface area (Å²) >= 11 is 0. The quantitative estimate of drug-likeness (QED) is 0.319. The molecular weight excluding hydrogens is 524 g/mol. The van der Waals surface area contributed by atoms with Crippen LogP contribution in [-0.2, 0) is 20.1 Å². The summed E-state index contributed by atoms with van der Waals surface area (Å²) in [6.07, 6.45) is 0.850. The molecule has 1 aromatic carbocycles. The number of hydrogen-bond donors (Lipinski definition) is 2. The van der Waals surface area contributed by atoms with Crippen molar-refractivity contribution in [1.29, 1.82) is 0 Å². The first kappa shape index (κ1) is 25.2. The average Bonchev–Trinajstić information content (AvgIpc) is 3.03. The lowest BCUT2D eigenvalue weighted by Gasteiger charge is -2.25. The van der Waals surface area contributed by atoms with Gasteiger partial charge >= 0.3 is 6.36 Å². The number of aliphatic imine (C=N–C) groups is 1. The number of hydrogen-bond acceptors (Lipinski definition) is 4. The van der Waals surface area contributed by atoms with E-state index in [4.69, 9.17) is 0 Å². The van der Waals surface area contributed by atoms with Gasteiger partial charge in [-0.25, -0.2) is 4.99 Å². The molecule has 7 nitrogen and oxygen atoms in total. The molecule has 3 rings (SSSR count). The van der Waals surface area contributed by atoms with Crippen molar-refractivity contribution in [1.82, 2.24) is 25.4 Å². The maximum absolute atomic E-state index is 12.7. The lowest BCUT2D eigenvalue weighted by atomic mass is 9.96. The van der Waals surface area contributed by atoms with Gasteiger partial charge in [0.25, 0.3) is 0 Å². The summed E-state index contributed by atoms with van der Waals surface area (Å²) in [5.74, 6) is 1.83. The van der Waals surface area contributed by atoms with Gasteiger partial charge < -0.3 is 19.9 Å². The summed E-state index contributed by atoms with van der Waals surface area (Å²) < 4.78 is 44.0. The van der Waals surface area contributed by atoms with E-state index in [1.54, 1.807) is 12.1 Å². The lowest BCUT2D eigenvalue weighted by molar-refractivity contribution is -0.274. The second-order valence-electron chi connectivity index (χ2n) is 7.38. The van der Waals surface area contributed by atoms with Gasteiger partial charge in [-0.05, 0) is 25.8 Å². The normalized spacial score (nSPS) is 15.3. The van der Waals surface area contributed by atoms with E-state index in [1.165, 1.54) is 18.6 Å². The van der Waals surface area contributed by atoms with Crippen LogP contribution < -0.4 is 15.4 Å². The number of nitrogens with zero attached hydrogens (tertiary/aromatic N) is 4. The van der Waals surface area contributed by atoms with Crippen molar-refractivity contribution in [3.8, 4) is 5.75 Å². The smallest absolute Gasteiger partial charge is 0.405 e. The minimum atomic E-state index is -4.75. The zero-order valence-corrected chi connectivity index (χ0v) is 19.9. The molecule has 0 bridgehead atoms. The van der Waals surface area contributed by atoms with Crippen molar-refractivity contribution < 1.29 is 17.9 Å². The van der Waals surface area contributed by atoms with Crippen molar-refractivity contribution in [3.63, 3.8) is 0 Å². The fraction of sp³-hybridized carbons (Fsp3) is 0.550. The minimum absolute atomic E-state index is 0. The number of guanidine groups is 1. The fourth-order valence-corrected chi connectivity index (χ4v) is 3.38. The number of aromatic nitrogens is 3. The molecule has 31 heavy (non-hydrogen) atoms. The fourth-order valence-electron chi connectivity index (χ4n) is 3.38. The Morgan fingerprint density at radius 3 is 2.55 bits per heavy atom. The molecule has 1 aromatic heterocycles. The number of rotatable bonds is 6. The number of aryl methyl sites for hydroxylation is 1. The third-order valence-corrected chi connectivity index (χ3v) is 5.15. The van der Waals surface area contributed by atoms with E-state index in [0.29, 0.717) is 18.1 Å². The standard InChI is InChI=1S/C20H27F3N6O.HI/c1-14-27-28-18(29(14)2)13-25-19(26-16-9-4-3-5-10-16)24-12-15-8-6-7-11-17(15)30-20(21,22)23;/h6-8,11,16H,3-5,9-10,12-13H2,1-2H3,(H2,24,25,26);1H. The Morgan fingerprint density at radius 2 is 1.90 bits per heavy atom. The molecule has 1 saturated carbocycles. The van der Waals surface area contributed by atoms with E-state index in [9.17, 15) is 13.2 Å². The van der Waals surface area contributed by atoms with Crippen molar-refractivity contribution in [2.75, 3.05) is 0 Å². The number of ether oxygens (including phenoxy) is 1. The summed E-state index contributed by atoms with van der Waals surface area (Å²) in [6, 6.07) is 6.33. The summed E-state index contributed by atoms with van der Waals surface area (Å²) in [4.78, 5) is 4.52. The predicted octanol–water partition coefficient (Wildman–Crippen LogP) is 4.21. The van der Waals surface area contributed by atoms with Gasteiger partial charge in [0.05, 0.1) is 13.1 Å². The first-order valence-electron chi connectivity index (χ1n) is 10.0. The van der Waals surface area contributed by atoms with Crippen LogP contribution in [0.3, 0.4) is 0 Å². The summed E-state index contributed by atoms with van der Waals surface area (Å²) in [5.41, 5.74) is 0.356. The van der Waals surface area contributed by atoms with Gasteiger partial charge in [-0.2, -0.15) is 0 Å². The molecule has 0 radical (unpaired) electrons. The molecule has 172 valence electrons. The molecular formula is C20H28F3IN6O. The van der Waals surface area contributed by atoms with Crippen LogP contribution in [0.4, 0.5) is 13.2 Å². The molecule has 11 heteroatoms. The lowest BCUT2D eigenvalue weighted by Crippen LogP contribution is -2.44. The van der Waals surface area contributed by atoms with E-state index in [0.717, 1.165) is 37.3 Å². The Bertz CT molecular complexity index is 865. The average molecular weight is 552 g/mol. The van der Waals surface area contributed by atoms with Crippen molar-refractivity contribution in [3.05, 3.63) is 41.5 Å². The van der Waals surface area contributed by atoms with Gasteiger partial charge in [-0.3, -0.25) is 0 Å². The molecule has 1 aliphatic rings. The zero-order valence-electron chi connectivity index (χ0n) is 17.6. The largest absolute Gasteiger partial charge is 0.573 e. The first-order chi connectivity index (χ1) is 14.3. The molecule has 1 aliphatic carbocycles. The van der Waals surface area contributed by atoms with E-state index in [2.05, 4.69) is 30.6 Å². The Labute approximate surface area is 196 Å². The third kappa shape index (κ3) is 7.86. The van der Waals surface area contributed by atoms with E-state index < -0.39 is 6.36 Å². The zero-order chi connectivity index (χ0) is 21.6. The molecule has 2 N–H and O–H groups in total. The Balaban J connectivity index is 0.00000341. The van der Waals surface area contributed by atoms with Crippen molar-refractivity contribution >= 4 is 29.9 Å². The van der Waals surface area contributed by atoms with Crippen LogP contribution in [0.2, 0.25) is 0 Å². The second kappa shape index (κ2) is 11.5. The highest BCUT2D eigenvalue weighted by atomic mass is 127. The SMILES string of the molecule is Cc1nnc(CNC(=NCc2ccccc2OC(F)(F)F)NC2CCCCC2)n1C.I. The summed E-state index contributed by atoms with van der Waals surface area (Å²) in [6.45, 7) is 2.31. The van der Waals surface area contributed by atoms with Gasteiger partial charge in [-0.15, -0.1) is 47.3 Å². The topological polar surface area (TPSA) is 76.4 Å². The molecule has 0 saturated heterocycles. The maximum atomic E-state index is 12.7.